The van der Waals surface area contributed by atoms with Gasteiger partial charge in [0.2, 0.25) is 5.52 Å². The van der Waals surface area contributed by atoms with Crippen molar-refractivity contribution in [2.45, 2.75) is 57.2 Å². The van der Waals surface area contributed by atoms with Crippen LogP contribution in [0.25, 0.3) is 15.9 Å². The van der Waals surface area contributed by atoms with E-state index in [1.54, 1.807) is 23.7 Å². The molecule has 2 aromatic heterocycles. The number of pyridine rings is 2. The zero-order valence-electron chi connectivity index (χ0n) is 20.7. The molecule has 3 heterocycles. The lowest BCUT2D eigenvalue weighted by atomic mass is 9.94. The van der Waals surface area contributed by atoms with Crippen LogP contribution in [0.15, 0.2) is 47.3 Å². The van der Waals surface area contributed by atoms with Gasteiger partial charge in [-0.25, -0.2) is 0 Å². The number of hydrogen-bond acceptors (Lipinski definition) is 5. The minimum absolute atomic E-state index is 0.0774. The Hall–Kier alpha value is -3.68. The highest BCUT2D eigenvalue weighted by molar-refractivity contribution is 5.89. The third-order valence-electron chi connectivity index (χ3n) is 7.92. The molecule has 1 saturated carbocycles. The number of anilines is 1. The number of nitriles is 1. The first-order valence-corrected chi connectivity index (χ1v) is 12.2. The number of piperazine rings is 1. The van der Waals surface area contributed by atoms with E-state index in [-0.39, 0.29) is 29.1 Å². The Morgan fingerprint density at radius 1 is 1.14 bits per heavy atom. The largest absolute Gasteiger partial charge is 0.362 e. The molecule has 0 N–H and O–H groups in total. The van der Waals surface area contributed by atoms with Crippen LogP contribution in [-0.2, 0) is 12.5 Å². The molecule has 1 aliphatic heterocycles. The lowest BCUT2D eigenvalue weighted by Gasteiger charge is -2.47. The van der Waals surface area contributed by atoms with Gasteiger partial charge in [-0.2, -0.15) is 5.26 Å². The second kappa shape index (κ2) is 8.52. The van der Waals surface area contributed by atoms with Gasteiger partial charge in [-0.15, -0.1) is 4.98 Å². The van der Waals surface area contributed by atoms with E-state index < -0.39 is 0 Å². The molecule has 1 unspecified atom stereocenters. The van der Waals surface area contributed by atoms with E-state index in [0.29, 0.717) is 11.3 Å². The summed E-state index contributed by atoms with van der Waals surface area (Å²) in [5.74, 6) is 0.332. The van der Waals surface area contributed by atoms with Gasteiger partial charge >= 0.3 is 0 Å². The van der Waals surface area contributed by atoms with Crippen molar-refractivity contribution in [3.8, 4) is 6.07 Å². The zero-order chi connectivity index (χ0) is 24.9. The van der Waals surface area contributed by atoms with Crippen molar-refractivity contribution in [1.82, 2.24) is 14.5 Å². The molecule has 7 nitrogen and oxygen atoms in total. The molecule has 0 radical (unpaired) electrons. The number of nitrogens with zero attached hydrogens (tertiary/aromatic N) is 6. The van der Waals surface area contributed by atoms with Crippen molar-refractivity contribution < 1.29 is 0 Å². The van der Waals surface area contributed by atoms with E-state index in [4.69, 9.17) is 6.57 Å². The fourth-order valence-electron chi connectivity index (χ4n) is 5.47. The minimum atomic E-state index is -0.258. The van der Waals surface area contributed by atoms with E-state index in [0.717, 1.165) is 42.7 Å². The number of fused-ring (bicyclic) bond motifs is 1. The maximum absolute atomic E-state index is 12.7. The van der Waals surface area contributed by atoms with Crippen molar-refractivity contribution in [2.75, 3.05) is 18.0 Å². The van der Waals surface area contributed by atoms with Gasteiger partial charge in [-0.05, 0) is 56.9 Å². The molecule has 0 spiro atoms. The van der Waals surface area contributed by atoms with Crippen LogP contribution in [0, 0.1) is 17.9 Å². The number of benzene rings is 1. The van der Waals surface area contributed by atoms with Gasteiger partial charge in [-0.1, -0.05) is 30.8 Å². The molecule has 1 aromatic carbocycles. The van der Waals surface area contributed by atoms with E-state index in [1.807, 2.05) is 6.07 Å². The SMILES string of the molecule is [C-]#[N+]c1ccc2c(n1)c(N1C[C@@H](C)N(C(C)c3ccc(C4(C#N)CC4)cc3)C[C@@H]1C)cc(=O)n2C. The molecule has 0 amide bonds. The summed E-state index contributed by atoms with van der Waals surface area (Å²) in [5.41, 5.74) is 4.28. The van der Waals surface area contributed by atoms with Crippen LogP contribution in [-0.4, -0.2) is 39.6 Å². The fraction of sp³-hybridized carbons (Fsp3) is 0.429. The average Bonchev–Trinajstić information content (AvgIpc) is 3.68. The predicted molar refractivity (Wildman–Crippen MR) is 138 cm³/mol. The van der Waals surface area contributed by atoms with Crippen LogP contribution in [0.4, 0.5) is 11.5 Å². The van der Waals surface area contributed by atoms with E-state index in [9.17, 15) is 10.1 Å². The predicted octanol–water partition coefficient (Wildman–Crippen LogP) is 4.70. The number of hydrogen-bond donors (Lipinski definition) is 0. The van der Waals surface area contributed by atoms with Crippen molar-refractivity contribution in [3.63, 3.8) is 0 Å². The maximum atomic E-state index is 12.7. The first kappa shape index (κ1) is 23.1. The quantitative estimate of drug-likeness (QED) is 0.522. The van der Waals surface area contributed by atoms with Gasteiger partial charge in [0.05, 0.1) is 22.7 Å². The molecule has 7 heteroatoms. The zero-order valence-corrected chi connectivity index (χ0v) is 20.7. The summed E-state index contributed by atoms with van der Waals surface area (Å²) in [7, 11) is 1.74. The number of rotatable bonds is 4. The van der Waals surface area contributed by atoms with Gasteiger partial charge in [0, 0.05) is 44.3 Å². The smallest absolute Gasteiger partial charge is 0.270 e. The second-order valence-corrected chi connectivity index (χ2v) is 10.1. The average molecular weight is 467 g/mol. The fourth-order valence-corrected chi connectivity index (χ4v) is 5.47. The van der Waals surface area contributed by atoms with Crippen molar-refractivity contribution in [2.24, 2.45) is 7.05 Å². The molecule has 3 atom stereocenters. The first-order chi connectivity index (χ1) is 16.8. The van der Waals surface area contributed by atoms with Gasteiger partial charge < -0.3 is 14.3 Å². The van der Waals surface area contributed by atoms with E-state index in [1.165, 1.54) is 5.56 Å². The molecule has 5 rings (SSSR count). The Bertz CT molecular complexity index is 1420. The van der Waals surface area contributed by atoms with Crippen LogP contribution >= 0.6 is 0 Å². The summed E-state index contributed by atoms with van der Waals surface area (Å²) in [6.45, 7) is 15.6. The van der Waals surface area contributed by atoms with E-state index in [2.05, 4.69) is 70.7 Å². The van der Waals surface area contributed by atoms with Crippen LogP contribution in [0.5, 0.6) is 0 Å². The van der Waals surface area contributed by atoms with Crippen LogP contribution in [0.2, 0.25) is 0 Å². The molecule has 2 fully saturated rings. The highest BCUT2D eigenvalue weighted by atomic mass is 16.1. The van der Waals surface area contributed by atoms with Gasteiger partial charge in [0.25, 0.3) is 11.4 Å². The third kappa shape index (κ3) is 3.87. The Balaban J connectivity index is 1.42. The molecule has 1 aliphatic carbocycles. The summed E-state index contributed by atoms with van der Waals surface area (Å²) >= 11 is 0. The summed E-state index contributed by atoms with van der Waals surface area (Å²) in [6, 6.07) is 16.8. The second-order valence-electron chi connectivity index (χ2n) is 10.1. The maximum Gasteiger partial charge on any atom is 0.270 e. The molecule has 0 bridgehead atoms. The Morgan fingerprint density at radius 2 is 1.86 bits per heavy atom. The highest BCUT2D eigenvalue weighted by Gasteiger charge is 2.44. The van der Waals surface area contributed by atoms with Crippen LogP contribution in [0.3, 0.4) is 0 Å². The van der Waals surface area contributed by atoms with Crippen molar-refractivity contribution in [1.29, 1.82) is 5.26 Å². The first-order valence-electron chi connectivity index (χ1n) is 12.2. The van der Waals surface area contributed by atoms with Crippen molar-refractivity contribution >= 4 is 22.5 Å². The summed E-state index contributed by atoms with van der Waals surface area (Å²) < 4.78 is 1.59. The Labute approximate surface area is 206 Å². The Kier molecular flexibility index (Phi) is 5.62. The lowest BCUT2D eigenvalue weighted by Crippen LogP contribution is -2.57. The number of aryl methyl sites for hydroxylation is 1. The molecular formula is C28H30N6O. The minimum Gasteiger partial charge on any atom is -0.362 e. The normalized spacial score (nSPS) is 22.4. The lowest BCUT2D eigenvalue weighted by molar-refractivity contribution is 0.119. The summed E-state index contributed by atoms with van der Waals surface area (Å²) in [5, 5.41) is 9.50. The summed E-state index contributed by atoms with van der Waals surface area (Å²) in [4.78, 5) is 25.6. The molecule has 3 aromatic rings. The number of aromatic nitrogens is 2. The summed E-state index contributed by atoms with van der Waals surface area (Å²) in [6.07, 6.45) is 1.91. The molecule has 178 valence electrons. The van der Waals surface area contributed by atoms with Gasteiger partial charge in [0.15, 0.2) is 0 Å². The van der Waals surface area contributed by atoms with Crippen LogP contribution in [0.1, 0.15) is 50.8 Å². The van der Waals surface area contributed by atoms with Crippen molar-refractivity contribution in [3.05, 3.63) is 75.4 Å². The standard InChI is InChI=1S/C28H30N6O/c1-18-16-34(24-14-26(35)32(5)23-10-11-25(30-4)31-27(23)24)19(2)15-33(18)20(3)21-6-8-22(9-7-21)28(17-29)12-13-28/h6-11,14,18-20H,12-13,15-16H2,1-3,5H3/t18-,19+,20?/m1/s1. The third-order valence-corrected chi connectivity index (χ3v) is 7.92. The van der Waals surface area contributed by atoms with Crippen LogP contribution < -0.4 is 10.5 Å². The van der Waals surface area contributed by atoms with Gasteiger partial charge in [0.1, 0.15) is 0 Å². The van der Waals surface area contributed by atoms with E-state index >= 15 is 0 Å². The topological polar surface area (TPSA) is 69.5 Å². The Morgan fingerprint density at radius 3 is 2.49 bits per heavy atom. The highest BCUT2D eigenvalue weighted by Crippen LogP contribution is 2.47. The van der Waals surface area contributed by atoms with Gasteiger partial charge in [-0.3, -0.25) is 9.69 Å². The monoisotopic (exact) mass is 466 g/mol. The molecule has 35 heavy (non-hydrogen) atoms. The molecular weight excluding hydrogens is 436 g/mol. The molecule has 2 aliphatic rings. The molecule has 1 saturated heterocycles.